The number of allylic oxidation sites excluding steroid dienone is 2. The normalized spacial score (nSPS) is 10.6. The van der Waals surface area contributed by atoms with Crippen molar-refractivity contribution in [3.05, 3.63) is 48.0 Å². The van der Waals surface area contributed by atoms with E-state index < -0.39 is 0 Å². The van der Waals surface area contributed by atoms with Gasteiger partial charge < -0.3 is 4.90 Å². The van der Waals surface area contributed by atoms with Crippen LogP contribution in [0.4, 0.5) is 0 Å². The molecule has 0 aliphatic rings. The highest BCUT2D eigenvalue weighted by Crippen LogP contribution is 2.01. The maximum Gasteiger partial charge on any atom is 0.222 e. The third-order valence-electron chi connectivity index (χ3n) is 2.58. The fourth-order valence-corrected chi connectivity index (χ4v) is 1.48. The lowest BCUT2D eigenvalue weighted by Crippen LogP contribution is -2.21. The van der Waals surface area contributed by atoms with Crippen molar-refractivity contribution < 1.29 is 9.59 Å². The first-order valence-corrected chi connectivity index (χ1v) is 6.03. The van der Waals surface area contributed by atoms with Crippen molar-refractivity contribution in [1.82, 2.24) is 4.90 Å². The Morgan fingerprint density at radius 1 is 1.11 bits per heavy atom. The molecule has 0 aliphatic carbocycles. The first-order valence-electron chi connectivity index (χ1n) is 6.03. The molecule has 1 amide bonds. The molecule has 0 saturated heterocycles. The van der Waals surface area contributed by atoms with Gasteiger partial charge in [0.15, 0.2) is 5.78 Å². The highest BCUT2D eigenvalue weighted by atomic mass is 16.2. The van der Waals surface area contributed by atoms with Crippen molar-refractivity contribution in [2.24, 2.45) is 0 Å². The largest absolute Gasteiger partial charge is 0.349 e. The van der Waals surface area contributed by atoms with Crippen molar-refractivity contribution in [1.29, 1.82) is 0 Å². The number of rotatable bonds is 6. The van der Waals surface area contributed by atoms with Crippen molar-refractivity contribution in [2.75, 3.05) is 14.1 Å². The van der Waals surface area contributed by atoms with Gasteiger partial charge in [-0.15, -0.1) is 0 Å². The van der Waals surface area contributed by atoms with Gasteiger partial charge in [0.05, 0.1) is 0 Å². The van der Waals surface area contributed by atoms with E-state index in [1.165, 1.54) is 10.5 Å². The second kappa shape index (κ2) is 7.43. The molecule has 0 N–H and O–H groups in total. The van der Waals surface area contributed by atoms with E-state index in [-0.39, 0.29) is 24.5 Å². The van der Waals surface area contributed by atoms with Crippen LogP contribution < -0.4 is 0 Å². The second-order valence-electron chi connectivity index (χ2n) is 4.35. The van der Waals surface area contributed by atoms with Crippen LogP contribution in [-0.4, -0.2) is 30.7 Å². The van der Waals surface area contributed by atoms with E-state index >= 15 is 0 Å². The zero-order valence-electron chi connectivity index (χ0n) is 10.9. The third kappa shape index (κ3) is 5.43. The molecule has 0 heterocycles. The summed E-state index contributed by atoms with van der Waals surface area (Å²) in [6.45, 7) is 0. The van der Waals surface area contributed by atoms with Gasteiger partial charge in [0, 0.05) is 26.9 Å². The lowest BCUT2D eigenvalue weighted by Gasteiger charge is -2.08. The molecule has 0 atom stereocenters. The fourth-order valence-electron chi connectivity index (χ4n) is 1.48. The molecule has 0 unspecified atom stereocenters. The average molecular weight is 245 g/mol. The Bertz CT molecular complexity index is 421. The molecule has 0 fully saturated rings. The third-order valence-corrected chi connectivity index (χ3v) is 2.58. The zero-order chi connectivity index (χ0) is 13.4. The molecule has 1 aromatic carbocycles. The number of hydrogen-bond donors (Lipinski definition) is 0. The van der Waals surface area contributed by atoms with Gasteiger partial charge in [-0.1, -0.05) is 36.4 Å². The van der Waals surface area contributed by atoms with Gasteiger partial charge in [-0.05, 0) is 18.1 Å². The maximum absolute atomic E-state index is 11.5. The second-order valence-corrected chi connectivity index (χ2v) is 4.35. The maximum atomic E-state index is 11.5. The van der Waals surface area contributed by atoms with E-state index in [0.717, 1.165) is 6.42 Å². The molecule has 18 heavy (non-hydrogen) atoms. The number of carbonyl (C=O) groups excluding carboxylic acids is 2. The van der Waals surface area contributed by atoms with Gasteiger partial charge in [0.2, 0.25) is 5.91 Å². The van der Waals surface area contributed by atoms with E-state index in [1.54, 1.807) is 20.2 Å². The Kier molecular flexibility index (Phi) is 5.85. The molecule has 1 aromatic rings. The Balaban J connectivity index is 2.30. The van der Waals surface area contributed by atoms with Crippen LogP contribution in [-0.2, 0) is 16.0 Å². The van der Waals surface area contributed by atoms with Crippen molar-refractivity contribution >= 4 is 11.7 Å². The van der Waals surface area contributed by atoms with Crippen LogP contribution in [0.1, 0.15) is 18.4 Å². The monoisotopic (exact) mass is 245 g/mol. The summed E-state index contributed by atoms with van der Waals surface area (Å²) in [6.07, 6.45) is 4.71. The summed E-state index contributed by atoms with van der Waals surface area (Å²) in [4.78, 5) is 24.3. The fraction of sp³-hybridized carbons (Fsp3) is 0.333. The molecular formula is C15H19NO2. The molecular weight excluding hydrogens is 226 g/mol. The van der Waals surface area contributed by atoms with E-state index in [4.69, 9.17) is 0 Å². The minimum absolute atomic E-state index is 0.00105. The van der Waals surface area contributed by atoms with Gasteiger partial charge >= 0.3 is 0 Å². The standard InChI is InChI=1S/C15H19NO2/c1-16(2)15(18)12-11-14(17)10-6-9-13-7-4-3-5-8-13/h3-8,10H,9,11-12H2,1-2H3/b10-6+. The van der Waals surface area contributed by atoms with Crippen LogP contribution in [0, 0.1) is 0 Å². The van der Waals surface area contributed by atoms with Gasteiger partial charge in [-0.25, -0.2) is 0 Å². The highest BCUT2D eigenvalue weighted by Gasteiger charge is 2.05. The molecule has 3 heteroatoms. The molecule has 0 aromatic heterocycles. The van der Waals surface area contributed by atoms with Crippen LogP contribution in [0.2, 0.25) is 0 Å². The summed E-state index contributed by atoms with van der Waals surface area (Å²) in [7, 11) is 3.39. The molecule has 0 bridgehead atoms. The lowest BCUT2D eigenvalue weighted by molar-refractivity contribution is -0.130. The predicted molar refractivity (Wildman–Crippen MR) is 72.2 cm³/mol. The predicted octanol–water partition coefficient (Wildman–Crippen LogP) is 2.22. The first-order chi connectivity index (χ1) is 8.59. The Morgan fingerprint density at radius 3 is 2.39 bits per heavy atom. The summed E-state index contributed by atoms with van der Waals surface area (Å²) >= 11 is 0. The Labute approximate surface area is 108 Å². The van der Waals surface area contributed by atoms with Crippen molar-refractivity contribution in [2.45, 2.75) is 19.3 Å². The van der Waals surface area contributed by atoms with Gasteiger partial charge in [-0.3, -0.25) is 9.59 Å². The molecule has 96 valence electrons. The quantitative estimate of drug-likeness (QED) is 0.721. The zero-order valence-corrected chi connectivity index (χ0v) is 10.9. The van der Waals surface area contributed by atoms with Crippen LogP contribution in [0.15, 0.2) is 42.5 Å². The van der Waals surface area contributed by atoms with Crippen molar-refractivity contribution in [3.63, 3.8) is 0 Å². The summed E-state index contributed by atoms with van der Waals surface area (Å²) in [5, 5.41) is 0. The Morgan fingerprint density at radius 2 is 1.78 bits per heavy atom. The number of nitrogens with zero attached hydrogens (tertiary/aromatic N) is 1. The molecule has 0 aliphatic heterocycles. The molecule has 0 saturated carbocycles. The summed E-state index contributed by atoms with van der Waals surface area (Å²) < 4.78 is 0. The van der Waals surface area contributed by atoms with E-state index in [0.29, 0.717) is 0 Å². The first kappa shape index (κ1) is 14.2. The van der Waals surface area contributed by atoms with E-state index in [1.807, 2.05) is 36.4 Å². The number of ketones is 1. The minimum atomic E-state index is -0.0141. The van der Waals surface area contributed by atoms with Crippen LogP contribution in [0.25, 0.3) is 0 Å². The van der Waals surface area contributed by atoms with Crippen LogP contribution >= 0.6 is 0 Å². The minimum Gasteiger partial charge on any atom is -0.349 e. The molecule has 3 nitrogen and oxygen atoms in total. The summed E-state index contributed by atoms with van der Waals surface area (Å²) in [5.41, 5.74) is 1.17. The molecule has 0 radical (unpaired) electrons. The molecule has 1 rings (SSSR count). The number of carbonyl (C=O) groups is 2. The number of amides is 1. The topological polar surface area (TPSA) is 37.4 Å². The smallest absolute Gasteiger partial charge is 0.222 e. The lowest BCUT2D eigenvalue weighted by atomic mass is 10.1. The van der Waals surface area contributed by atoms with Gasteiger partial charge in [0.1, 0.15) is 0 Å². The number of hydrogen-bond acceptors (Lipinski definition) is 2. The summed E-state index contributed by atoms with van der Waals surface area (Å²) in [6, 6.07) is 9.95. The van der Waals surface area contributed by atoms with E-state index in [2.05, 4.69) is 0 Å². The van der Waals surface area contributed by atoms with E-state index in [9.17, 15) is 9.59 Å². The summed E-state index contributed by atoms with van der Waals surface area (Å²) in [5.74, 6) is -0.0130. The van der Waals surface area contributed by atoms with Crippen LogP contribution in [0.3, 0.4) is 0 Å². The SMILES string of the molecule is CN(C)C(=O)CCC(=O)/C=C/Cc1ccccc1. The van der Waals surface area contributed by atoms with Crippen LogP contribution in [0.5, 0.6) is 0 Å². The number of benzene rings is 1. The molecule has 0 spiro atoms. The van der Waals surface area contributed by atoms with Gasteiger partial charge in [-0.2, -0.15) is 0 Å². The van der Waals surface area contributed by atoms with Gasteiger partial charge in [0.25, 0.3) is 0 Å². The van der Waals surface area contributed by atoms with Crippen molar-refractivity contribution in [3.8, 4) is 0 Å². The Hall–Kier alpha value is -1.90. The average Bonchev–Trinajstić information content (AvgIpc) is 2.37. The highest BCUT2D eigenvalue weighted by molar-refractivity contribution is 5.92.